The van der Waals surface area contributed by atoms with E-state index in [2.05, 4.69) is 46.1 Å². The Hall–Kier alpha value is -1.69. The second-order valence-electron chi connectivity index (χ2n) is 6.49. The van der Waals surface area contributed by atoms with Gasteiger partial charge in [0.05, 0.1) is 12.3 Å². The Morgan fingerprint density at radius 1 is 1.09 bits per heavy atom. The van der Waals surface area contributed by atoms with Gasteiger partial charge in [0.2, 0.25) is 0 Å². The normalized spacial score (nSPS) is 20.6. The fourth-order valence-electron chi connectivity index (χ4n) is 3.19. The monoisotopic (exact) mass is 314 g/mol. The summed E-state index contributed by atoms with van der Waals surface area (Å²) in [6.45, 7) is 7.26. The van der Waals surface area contributed by atoms with Crippen molar-refractivity contribution >= 4 is 0 Å². The van der Waals surface area contributed by atoms with Crippen molar-refractivity contribution in [2.24, 2.45) is 7.05 Å². The molecule has 0 bridgehead atoms. The molecular formula is C18H26N4O. The largest absolute Gasteiger partial charge is 0.390 e. The van der Waals surface area contributed by atoms with Crippen LogP contribution >= 0.6 is 0 Å². The van der Waals surface area contributed by atoms with Gasteiger partial charge in [0.1, 0.15) is 0 Å². The fourth-order valence-corrected chi connectivity index (χ4v) is 3.19. The molecule has 1 aromatic heterocycles. The molecule has 2 aromatic rings. The fraction of sp³-hybridized carbons (Fsp3) is 0.500. The molecule has 0 aliphatic carbocycles. The van der Waals surface area contributed by atoms with Gasteiger partial charge in [0, 0.05) is 57.6 Å². The first-order valence-corrected chi connectivity index (χ1v) is 8.26. The number of benzene rings is 1. The van der Waals surface area contributed by atoms with Crippen LogP contribution in [0.4, 0.5) is 0 Å². The Kier molecular flexibility index (Phi) is 5.10. The number of hydrogen-bond acceptors (Lipinski definition) is 4. The Labute approximate surface area is 138 Å². The third kappa shape index (κ3) is 4.19. The molecule has 1 saturated heterocycles. The van der Waals surface area contributed by atoms with Gasteiger partial charge in [-0.3, -0.25) is 14.5 Å². The summed E-state index contributed by atoms with van der Waals surface area (Å²) >= 11 is 0. The van der Waals surface area contributed by atoms with E-state index in [-0.39, 0.29) is 6.10 Å². The summed E-state index contributed by atoms with van der Waals surface area (Å²) in [6, 6.07) is 10.5. The van der Waals surface area contributed by atoms with E-state index >= 15 is 0 Å². The van der Waals surface area contributed by atoms with E-state index in [1.54, 1.807) is 0 Å². The summed E-state index contributed by atoms with van der Waals surface area (Å²) < 4.78 is 1.91. The van der Waals surface area contributed by atoms with Crippen LogP contribution in [-0.4, -0.2) is 57.0 Å². The van der Waals surface area contributed by atoms with E-state index in [0.717, 1.165) is 39.3 Å². The second-order valence-corrected chi connectivity index (χ2v) is 6.49. The van der Waals surface area contributed by atoms with Crippen molar-refractivity contribution in [3.63, 3.8) is 0 Å². The summed E-state index contributed by atoms with van der Waals surface area (Å²) in [7, 11) is 1.97. The van der Waals surface area contributed by atoms with E-state index in [0.29, 0.717) is 0 Å². The average Bonchev–Trinajstić information content (AvgIpc) is 2.75. The molecule has 2 heterocycles. The lowest BCUT2D eigenvalue weighted by molar-refractivity contribution is 0.106. The van der Waals surface area contributed by atoms with E-state index in [1.807, 2.05) is 24.0 Å². The molecule has 23 heavy (non-hydrogen) atoms. The van der Waals surface area contributed by atoms with Crippen molar-refractivity contribution in [1.29, 1.82) is 0 Å². The van der Waals surface area contributed by atoms with Crippen LogP contribution in [0.2, 0.25) is 0 Å². The number of aromatic nitrogens is 2. The molecule has 1 aliphatic rings. The minimum absolute atomic E-state index is 0.307. The topological polar surface area (TPSA) is 44.5 Å². The number of rotatable bonds is 4. The van der Waals surface area contributed by atoms with Crippen LogP contribution in [-0.2, 0) is 20.1 Å². The average molecular weight is 314 g/mol. The lowest BCUT2D eigenvalue weighted by Crippen LogP contribution is -2.33. The van der Waals surface area contributed by atoms with Crippen LogP contribution in [0.15, 0.2) is 36.5 Å². The molecule has 124 valence electrons. The Balaban J connectivity index is 1.60. The van der Waals surface area contributed by atoms with Crippen LogP contribution in [0.25, 0.3) is 0 Å². The summed E-state index contributed by atoms with van der Waals surface area (Å²) in [4.78, 5) is 4.68. The second kappa shape index (κ2) is 7.25. The van der Waals surface area contributed by atoms with Gasteiger partial charge >= 0.3 is 0 Å². The van der Waals surface area contributed by atoms with Gasteiger partial charge in [-0.25, -0.2) is 0 Å². The lowest BCUT2D eigenvalue weighted by atomic mass is 10.2. The van der Waals surface area contributed by atoms with Crippen LogP contribution in [0.3, 0.4) is 0 Å². The van der Waals surface area contributed by atoms with Crippen molar-refractivity contribution in [3.8, 4) is 0 Å². The number of aliphatic hydroxyl groups excluding tert-OH is 1. The SMILES string of the molecule is Cc1c(CN2CCN(Cc3ccccc3)C[C@@H](O)C2)cnn1C. The predicted molar refractivity (Wildman–Crippen MR) is 90.9 cm³/mol. The predicted octanol–water partition coefficient (Wildman–Crippen LogP) is 1.41. The van der Waals surface area contributed by atoms with Crippen molar-refractivity contribution in [2.75, 3.05) is 26.2 Å². The first-order chi connectivity index (χ1) is 11.1. The maximum absolute atomic E-state index is 10.4. The van der Waals surface area contributed by atoms with E-state index in [1.165, 1.54) is 16.8 Å². The van der Waals surface area contributed by atoms with E-state index in [9.17, 15) is 5.11 Å². The van der Waals surface area contributed by atoms with E-state index in [4.69, 9.17) is 0 Å². The van der Waals surface area contributed by atoms with Gasteiger partial charge in [-0.1, -0.05) is 30.3 Å². The zero-order valence-corrected chi connectivity index (χ0v) is 14.0. The highest BCUT2D eigenvalue weighted by Crippen LogP contribution is 2.14. The van der Waals surface area contributed by atoms with Gasteiger partial charge in [-0.15, -0.1) is 0 Å². The molecule has 1 fully saturated rings. The van der Waals surface area contributed by atoms with E-state index < -0.39 is 0 Å². The third-order valence-corrected chi connectivity index (χ3v) is 4.65. The molecule has 0 saturated carbocycles. The molecule has 0 radical (unpaired) electrons. The van der Waals surface area contributed by atoms with Crippen molar-refractivity contribution in [3.05, 3.63) is 53.3 Å². The Morgan fingerprint density at radius 2 is 1.74 bits per heavy atom. The molecule has 0 amide bonds. The molecule has 3 rings (SSSR count). The van der Waals surface area contributed by atoms with Gasteiger partial charge in [0.15, 0.2) is 0 Å². The maximum Gasteiger partial charge on any atom is 0.0794 e. The molecule has 0 unspecified atom stereocenters. The Morgan fingerprint density at radius 3 is 2.35 bits per heavy atom. The summed E-state index contributed by atoms with van der Waals surface area (Å²) in [5.41, 5.74) is 3.75. The molecular weight excluding hydrogens is 288 g/mol. The minimum Gasteiger partial charge on any atom is -0.390 e. The molecule has 5 nitrogen and oxygen atoms in total. The zero-order chi connectivity index (χ0) is 16.2. The van der Waals surface area contributed by atoms with Crippen molar-refractivity contribution in [1.82, 2.24) is 19.6 Å². The van der Waals surface area contributed by atoms with Crippen LogP contribution in [0.5, 0.6) is 0 Å². The number of hydrogen-bond donors (Lipinski definition) is 1. The van der Waals surface area contributed by atoms with Gasteiger partial charge in [-0.05, 0) is 12.5 Å². The van der Waals surface area contributed by atoms with Crippen molar-refractivity contribution in [2.45, 2.75) is 26.1 Å². The third-order valence-electron chi connectivity index (χ3n) is 4.65. The lowest BCUT2D eigenvalue weighted by Gasteiger charge is -2.21. The smallest absolute Gasteiger partial charge is 0.0794 e. The standard InChI is InChI=1S/C18H26N4O/c1-15-17(10-19-20(15)2)12-22-9-8-21(13-18(23)14-22)11-16-6-4-3-5-7-16/h3-7,10,18,23H,8-9,11-14H2,1-2H3/t18-/m1/s1. The molecule has 5 heteroatoms. The summed E-state index contributed by atoms with van der Waals surface area (Å²) in [5.74, 6) is 0. The highest BCUT2D eigenvalue weighted by Gasteiger charge is 2.22. The van der Waals surface area contributed by atoms with Crippen molar-refractivity contribution < 1.29 is 5.11 Å². The molecule has 1 aromatic carbocycles. The van der Waals surface area contributed by atoms with Gasteiger partial charge < -0.3 is 5.11 Å². The first-order valence-electron chi connectivity index (χ1n) is 8.26. The van der Waals surface area contributed by atoms with Crippen LogP contribution in [0.1, 0.15) is 16.8 Å². The maximum atomic E-state index is 10.4. The Bertz CT molecular complexity index is 625. The molecule has 1 N–H and O–H groups in total. The zero-order valence-electron chi connectivity index (χ0n) is 14.0. The van der Waals surface area contributed by atoms with Crippen LogP contribution < -0.4 is 0 Å². The summed E-state index contributed by atoms with van der Waals surface area (Å²) in [6.07, 6.45) is 1.63. The molecule has 1 atom stereocenters. The number of aliphatic hydroxyl groups is 1. The highest BCUT2D eigenvalue weighted by atomic mass is 16.3. The van der Waals surface area contributed by atoms with Gasteiger partial charge in [-0.2, -0.15) is 5.10 Å². The quantitative estimate of drug-likeness (QED) is 0.927. The number of nitrogens with zero attached hydrogens (tertiary/aromatic N) is 4. The summed E-state index contributed by atoms with van der Waals surface area (Å²) in [5, 5.41) is 14.7. The van der Waals surface area contributed by atoms with Gasteiger partial charge in [0.25, 0.3) is 0 Å². The molecule has 1 aliphatic heterocycles. The molecule has 0 spiro atoms. The number of β-amino-alcohol motifs (C(OH)–C–C–N with tert-alkyl or cyclic N) is 1. The first kappa shape index (κ1) is 16.2. The van der Waals surface area contributed by atoms with Crippen LogP contribution in [0, 0.1) is 6.92 Å². The highest BCUT2D eigenvalue weighted by molar-refractivity contribution is 5.16. The minimum atomic E-state index is -0.307. The number of aryl methyl sites for hydroxylation is 1.